The van der Waals surface area contributed by atoms with E-state index in [9.17, 15) is 8.42 Å². The first kappa shape index (κ1) is 11.2. The molecule has 0 saturated carbocycles. The summed E-state index contributed by atoms with van der Waals surface area (Å²) in [7, 11) is -2.99. The summed E-state index contributed by atoms with van der Waals surface area (Å²) in [6.45, 7) is 2.12. The van der Waals surface area contributed by atoms with Gasteiger partial charge in [0, 0.05) is 12.5 Å². The SMILES string of the molecule is CC1CCCc2nnc(C3CCCS3(=O)=O)n21. The fourth-order valence-electron chi connectivity index (χ4n) is 2.97. The Bertz CT molecular complexity index is 535. The number of aryl methyl sites for hydroxylation is 1. The minimum absolute atomic E-state index is 0.300. The zero-order valence-corrected chi connectivity index (χ0v) is 10.8. The van der Waals surface area contributed by atoms with Gasteiger partial charge in [0.2, 0.25) is 0 Å². The first-order valence-corrected chi connectivity index (χ1v) is 7.96. The van der Waals surface area contributed by atoms with Crippen molar-refractivity contribution in [3.63, 3.8) is 0 Å². The van der Waals surface area contributed by atoms with E-state index < -0.39 is 15.1 Å². The molecule has 2 aliphatic heterocycles. The Hall–Kier alpha value is -0.910. The van der Waals surface area contributed by atoms with Gasteiger partial charge in [-0.3, -0.25) is 0 Å². The first-order chi connectivity index (χ1) is 8.09. The Kier molecular flexibility index (Phi) is 2.50. The molecule has 2 atom stereocenters. The average Bonchev–Trinajstić information content (AvgIpc) is 2.82. The highest BCUT2D eigenvalue weighted by atomic mass is 32.2. The van der Waals surface area contributed by atoms with Crippen LogP contribution < -0.4 is 0 Å². The summed E-state index contributed by atoms with van der Waals surface area (Å²) < 4.78 is 26.0. The van der Waals surface area contributed by atoms with Crippen molar-refractivity contribution >= 4 is 9.84 Å². The van der Waals surface area contributed by atoms with Gasteiger partial charge in [0.25, 0.3) is 0 Å². The van der Waals surface area contributed by atoms with E-state index in [1.54, 1.807) is 0 Å². The molecule has 0 bridgehead atoms. The highest BCUT2D eigenvalue weighted by molar-refractivity contribution is 7.91. The van der Waals surface area contributed by atoms with Crippen molar-refractivity contribution in [1.29, 1.82) is 0 Å². The molecule has 0 spiro atoms. The van der Waals surface area contributed by atoms with Crippen LogP contribution >= 0.6 is 0 Å². The van der Waals surface area contributed by atoms with E-state index in [0.29, 0.717) is 24.0 Å². The largest absolute Gasteiger partial charge is 0.311 e. The molecular formula is C11H17N3O2S. The fourth-order valence-corrected chi connectivity index (χ4v) is 4.84. The molecular weight excluding hydrogens is 238 g/mol. The Morgan fingerprint density at radius 2 is 2.06 bits per heavy atom. The normalized spacial score (nSPS) is 31.4. The van der Waals surface area contributed by atoms with Crippen LogP contribution in [0.25, 0.3) is 0 Å². The molecule has 6 heteroatoms. The maximum Gasteiger partial charge on any atom is 0.160 e. The second-order valence-electron chi connectivity index (χ2n) is 5.08. The second-order valence-corrected chi connectivity index (χ2v) is 7.39. The lowest BCUT2D eigenvalue weighted by molar-refractivity contribution is 0.411. The summed E-state index contributed by atoms with van der Waals surface area (Å²) in [5.41, 5.74) is 0. The van der Waals surface area contributed by atoms with Crippen LogP contribution in [-0.4, -0.2) is 28.9 Å². The number of nitrogens with zero attached hydrogens (tertiary/aromatic N) is 3. The van der Waals surface area contributed by atoms with Crippen LogP contribution in [0.3, 0.4) is 0 Å². The summed E-state index contributed by atoms with van der Waals surface area (Å²) in [4.78, 5) is 0. The van der Waals surface area contributed by atoms with Gasteiger partial charge in [0.1, 0.15) is 11.1 Å². The molecule has 0 aliphatic carbocycles. The zero-order chi connectivity index (χ0) is 12.0. The van der Waals surface area contributed by atoms with Crippen LogP contribution in [0.4, 0.5) is 0 Å². The summed E-state index contributed by atoms with van der Waals surface area (Å²) in [6, 6.07) is 0.333. The summed E-state index contributed by atoms with van der Waals surface area (Å²) in [6.07, 6.45) is 4.59. The Morgan fingerprint density at radius 3 is 2.76 bits per heavy atom. The van der Waals surface area contributed by atoms with Crippen LogP contribution in [-0.2, 0) is 16.3 Å². The standard InChI is InChI=1S/C11H17N3O2S/c1-8-4-2-6-10-12-13-11(14(8)10)9-5-3-7-17(9,15)16/h8-9H,2-7H2,1H3. The predicted molar refractivity (Wildman–Crippen MR) is 63.4 cm³/mol. The predicted octanol–water partition coefficient (Wildman–Crippen LogP) is 1.43. The van der Waals surface area contributed by atoms with Crippen LogP contribution in [0.2, 0.25) is 0 Å². The van der Waals surface area contributed by atoms with Crippen LogP contribution in [0.5, 0.6) is 0 Å². The van der Waals surface area contributed by atoms with E-state index in [1.807, 2.05) is 0 Å². The van der Waals surface area contributed by atoms with Gasteiger partial charge in [-0.05, 0) is 32.6 Å². The van der Waals surface area contributed by atoms with Crippen molar-refractivity contribution in [3.05, 3.63) is 11.6 Å². The third-order valence-corrected chi connectivity index (χ3v) is 6.04. The molecule has 0 radical (unpaired) electrons. The lowest BCUT2D eigenvalue weighted by atomic mass is 10.1. The van der Waals surface area contributed by atoms with E-state index in [0.717, 1.165) is 31.5 Å². The number of rotatable bonds is 1. The lowest BCUT2D eigenvalue weighted by Gasteiger charge is -2.23. The number of hydrogen-bond acceptors (Lipinski definition) is 4. The van der Waals surface area contributed by atoms with Crippen LogP contribution in [0, 0.1) is 0 Å². The summed E-state index contributed by atoms with van der Waals surface area (Å²) in [5.74, 6) is 1.94. The molecule has 17 heavy (non-hydrogen) atoms. The molecule has 3 rings (SSSR count). The van der Waals surface area contributed by atoms with E-state index in [4.69, 9.17) is 0 Å². The molecule has 1 aromatic heterocycles. The molecule has 1 aromatic rings. The van der Waals surface area contributed by atoms with Crippen molar-refractivity contribution in [1.82, 2.24) is 14.8 Å². The monoisotopic (exact) mass is 255 g/mol. The summed E-state index contributed by atoms with van der Waals surface area (Å²) >= 11 is 0. The number of hydrogen-bond donors (Lipinski definition) is 0. The highest BCUT2D eigenvalue weighted by Crippen LogP contribution is 2.36. The topological polar surface area (TPSA) is 64.8 Å². The molecule has 1 fully saturated rings. The minimum atomic E-state index is -2.99. The Balaban J connectivity index is 2.07. The molecule has 5 nitrogen and oxygen atoms in total. The molecule has 2 aliphatic rings. The molecule has 0 N–H and O–H groups in total. The Morgan fingerprint density at radius 1 is 1.24 bits per heavy atom. The number of fused-ring (bicyclic) bond motifs is 1. The van der Waals surface area contributed by atoms with Gasteiger partial charge in [-0.15, -0.1) is 10.2 Å². The average molecular weight is 255 g/mol. The van der Waals surface area contributed by atoms with E-state index in [2.05, 4.69) is 21.7 Å². The van der Waals surface area contributed by atoms with Gasteiger partial charge in [-0.2, -0.15) is 0 Å². The fraction of sp³-hybridized carbons (Fsp3) is 0.818. The number of aromatic nitrogens is 3. The third-order valence-electron chi connectivity index (χ3n) is 3.87. The van der Waals surface area contributed by atoms with Crippen LogP contribution in [0.15, 0.2) is 0 Å². The van der Waals surface area contributed by atoms with E-state index in [-0.39, 0.29) is 0 Å². The summed E-state index contributed by atoms with van der Waals surface area (Å²) in [5, 5.41) is 7.91. The van der Waals surface area contributed by atoms with E-state index >= 15 is 0 Å². The highest BCUT2D eigenvalue weighted by Gasteiger charge is 2.38. The van der Waals surface area contributed by atoms with Gasteiger partial charge < -0.3 is 4.57 Å². The molecule has 1 saturated heterocycles. The van der Waals surface area contributed by atoms with Gasteiger partial charge in [0.05, 0.1) is 5.75 Å². The minimum Gasteiger partial charge on any atom is -0.311 e. The lowest BCUT2D eigenvalue weighted by Crippen LogP contribution is -2.21. The van der Waals surface area contributed by atoms with Crippen molar-refractivity contribution in [2.45, 2.75) is 50.3 Å². The van der Waals surface area contributed by atoms with Crippen molar-refractivity contribution in [2.75, 3.05) is 5.75 Å². The smallest absolute Gasteiger partial charge is 0.160 e. The van der Waals surface area contributed by atoms with Crippen molar-refractivity contribution in [3.8, 4) is 0 Å². The maximum absolute atomic E-state index is 12.0. The van der Waals surface area contributed by atoms with Gasteiger partial charge in [-0.1, -0.05) is 0 Å². The number of sulfone groups is 1. The van der Waals surface area contributed by atoms with Crippen molar-refractivity contribution < 1.29 is 8.42 Å². The quantitative estimate of drug-likeness (QED) is 0.761. The molecule has 94 valence electrons. The van der Waals surface area contributed by atoms with Crippen molar-refractivity contribution in [2.24, 2.45) is 0 Å². The molecule has 0 amide bonds. The molecule has 2 unspecified atom stereocenters. The zero-order valence-electron chi connectivity index (χ0n) is 9.96. The molecule has 3 heterocycles. The second kappa shape index (κ2) is 3.80. The van der Waals surface area contributed by atoms with Crippen LogP contribution in [0.1, 0.15) is 55.5 Å². The van der Waals surface area contributed by atoms with Gasteiger partial charge >= 0.3 is 0 Å². The van der Waals surface area contributed by atoms with Gasteiger partial charge in [0.15, 0.2) is 15.7 Å². The molecule has 0 aromatic carbocycles. The maximum atomic E-state index is 12.0. The van der Waals surface area contributed by atoms with Gasteiger partial charge in [-0.25, -0.2) is 8.42 Å². The van der Waals surface area contributed by atoms with E-state index in [1.165, 1.54) is 0 Å². The third kappa shape index (κ3) is 1.69. The first-order valence-electron chi connectivity index (χ1n) is 6.25. The Labute approximate surface area is 101 Å².